The summed E-state index contributed by atoms with van der Waals surface area (Å²) < 4.78 is 5.17. The third-order valence-electron chi connectivity index (χ3n) is 2.88. The second-order valence-corrected chi connectivity index (χ2v) is 4.27. The maximum Gasteiger partial charge on any atom is 0.223 e. The standard InChI is InChI=1S/C14H22N2O2/c1-15-9-7-14(17)16(2)10-8-12-5-4-6-13(11-12)18-3/h4-6,11,15H,7-10H2,1-3H3. The third-order valence-corrected chi connectivity index (χ3v) is 2.88. The number of methoxy groups -OCH3 is 1. The first-order valence-electron chi connectivity index (χ1n) is 6.19. The molecule has 0 radical (unpaired) electrons. The molecule has 0 spiro atoms. The Hall–Kier alpha value is -1.55. The number of carbonyl (C=O) groups excluding carboxylic acids is 1. The van der Waals surface area contributed by atoms with E-state index in [-0.39, 0.29) is 5.91 Å². The molecule has 0 bridgehead atoms. The molecule has 0 aliphatic heterocycles. The quantitative estimate of drug-likeness (QED) is 0.793. The maximum absolute atomic E-state index is 11.7. The largest absolute Gasteiger partial charge is 0.497 e. The molecule has 1 rings (SSSR count). The van der Waals surface area contributed by atoms with E-state index in [2.05, 4.69) is 11.4 Å². The minimum Gasteiger partial charge on any atom is -0.497 e. The summed E-state index contributed by atoms with van der Waals surface area (Å²) in [5, 5.41) is 2.98. The second kappa shape index (κ2) is 7.71. The van der Waals surface area contributed by atoms with Gasteiger partial charge in [-0.3, -0.25) is 4.79 Å². The van der Waals surface area contributed by atoms with Gasteiger partial charge in [-0.2, -0.15) is 0 Å². The van der Waals surface area contributed by atoms with Crippen LogP contribution < -0.4 is 10.1 Å². The van der Waals surface area contributed by atoms with E-state index in [0.717, 1.165) is 25.3 Å². The Kier molecular flexibility index (Phi) is 6.22. The average molecular weight is 250 g/mol. The van der Waals surface area contributed by atoms with Crippen molar-refractivity contribution in [1.29, 1.82) is 0 Å². The Morgan fingerprint density at radius 1 is 1.44 bits per heavy atom. The van der Waals surface area contributed by atoms with Crippen LogP contribution in [-0.4, -0.2) is 45.1 Å². The van der Waals surface area contributed by atoms with Gasteiger partial charge < -0.3 is 15.0 Å². The fraction of sp³-hybridized carbons (Fsp3) is 0.500. The molecule has 0 unspecified atom stereocenters. The lowest BCUT2D eigenvalue weighted by Gasteiger charge is -2.17. The number of likely N-dealkylation sites (N-methyl/N-ethyl adjacent to an activating group) is 1. The highest BCUT2D eigenvalue weighted by Crippen LogP contribution is 2.13. The summed E-state index contributed by atoms with van der Waals surface area (Å²) in [7, 11) is 5.36. The van der Waals surface area contributed by atoms with Gasteiger partial charge in [0.25, 0.3) is 0 Å². The SMILES string of the molecule is CNCCC(=O)N(C)CCc1cccc(OC)c1. The van der Waals surface area contributed by atoms with Gasteiger partial charge in [-0.1, -0.05) is 12.1 Å². The van der Waals surface area contributed by atoms with E-state index < -0.39 is 0 Å². The monoisotopic (exact) mass is 250 g/mol. The van der Waals surface area contributed by atoms with Gasteiger partial charge in [0.2, 0.25) is 5.91 Å². The van der Waals surface area contributed by atoms with Crippen LogP contribution >= 0.6 is 0 Å². The van der Waals surface area contributed by atoms with E-state index in [1.165, 1.54) is 5.56 Å². The molecular weight excluding hydrogens is 228 g/mol. The van der Waals surface area contributed by atoms with Crippen LogP contribution in [0.3, 0.4) is 0 Å². The van der Waals surface area contributed by atoms with Gasteiger partial charge in [0.05, 0.1) is 7.11 Å². The van der Waals surface area contributed by atoms with Crippen molar-refractivity contribution in [2.75, 3.05) is 34.3 Å². The van der Waals surface area contributed by atoms with Crippen LogP contribution in [0.5, 0.6) is 5.75 Å². The van der Waals surface area contributed by atoms with Crippen molar-refractivity contribution >= 4 is 5.91 Å². The number of hydrogen-bond donors (Lipinski definition) is 1. The summed E-state index contributed by atoms with van der Waals surface area (Å²) in [6.45, 7) is 1.46. The summed E-state index contributed by atoms with van der Waals surface area (Å²) in [4.78, 5) is 13.5. The van der Waals surface area contributed by atoms with E-state index in [4.69, 9.17) is 4.74 Å². The molecule has 4 heteroatoms. The van der Waals surface area contributed by atoms with Crippen LogP contribution in [0.25, 0.3) is 0 Å². The number of nitrogens with zero attached hydrogens (tertiary/aromatic N) is 1. The van der Waals surface area contributed by atoms with E-state index in [1.807, 2.05) is 32.3 Å². The Morgan fingerprint density at radius 3 is 2.89 bits per heavy atom. The fourth-order valence-electron chi connectivity index (χ4n) is 1.67. The van der Waals surface area contributed by atoms with Crippen LogP contribution in [0.2, 0.25) is 0 Å². The van der Waals surface area contributed by atoms with E-state index in [0.29, 0.717) is 6.42 Å². The van der Waals surface area contributed by atoms with Gasteiger partial charge >= 0.3 is 0 Å². The number of rotatable bonds is 7. The zero-order chi connectivity index (χ0) is 13.4. The molecule has 0 saturated carbocycles. The first-order valence-corrected chi connectivity index (χ1v) is 6.19. The number of nitrogens with one attached hydrogen (secondary N) is 1. The molecular formula is C14H22N2O2. The molecule has 1 aromatic rings. The number of hydrogen-bond acceptors (Lipinski definition) is 3. The Morgan fingerprint density at radius 2 is 2.22 bits per heavy atom. The predicted molar refractivity (Wildman–Crippen MR) is 72.9 cm³/mol. The van der Waals surface area contributed by atoms with E-state index in [9.17, 15) is 4.79 Å². The lowest BCUT2D eigenvalue weighted by Crippen LogP contribution is -2.30. The van der Waals surface area contributed by atoms with Crippen LogP contribution in [0.1, 0.15) is 12.0 Å². The van der Waals surface area contributed by atoms with Crippen molar-refractivity contribution in [2.24, 2.45) is 0 Å². The normalized spacial score (nSPS) is 10.2. The third kappa shape index (κ3) is 4.75. The van der Waals surface area contributed by atoms with Gasteiger partial charge in [0.15, 0.2) is 0 Å². The molecule has 18 heavy (non-hydrogen) atoms. The highest BCUT2D eigenvalue weighted by atomic mass is 16.5. The van der Waals surface area contributed by atoms with Crippen molar-refractivity contribution in [2.45, 2.75) is 12.8 Å². The van der Waals surface area contributed by atoms with Crippen molar-refractivity contribution < 1.29 is 9.53 Å². The molecule has 0 heterocycles. The minimum atomic E-state index is 0.173. The summed E-state index contributed by atoms with van der Waals surface area (Å²) in [6.07, 6.45) is 1.39. The van der Waals surface area contributed by atoms with E-state index >= 15 is 0 Å². The number of ether oxygens (including phenoxy) is 1. The van der Waals surface area contributed by atoms with Crippen LogP contribution in [-0.2, 0) is 11.2 Å². The van der Waals surface area contributed by atoms with Gasteiger partial charge in [-0.25, -0.2) is 0 Å². The van der Waals surface area contributed by atoms with Gasteiger partial charge in [0, 0.05) is 26.6 Å². The Balaban J connectivity index is 2.41. The number of amides is 1. The van der Waals surface area contributed by atoms with Gasteiger partial charge in [0.1, 0.15) is 5.75 Å². The molecule has 0 saturated heterocycles. The van der Waals surface area contributed by atoms with Crippen LogP contribution in [0.15, 0.2) is 24.3 Å². The van der Waals surface area contributed by atoms with Crippen molar-refractivity contribution in [3.63, 3.8) is 0 Å². The summed E-state index contributed by atoms with van der Waals surface area (Å²) in [5.74, 6) is 1.03. The highest BCUT2D eigenvalue weighted by Gasteiger charge is 2.07. The number of benzene rings is 1. The summed E-state index contributed by atoms with van der Waals surface area (Å²) in [6, 6.07) is 7.95. The molecule has 100 valence electrons. The second-order valence-electron chi connectivity index (χ2n) is 4.27. The first kappa shape index (κ1) is 14.5. The fourth-order valence-corrected chi connectivity index (χ4v) is 1.67. The van der Waals surface area contributed by atoms with Crippen molar-refractivity contribution in [3.8, 4) is 5.75 Å². The Bertz CT molecular complexity index is 380. The van der Waals surface area contributed by atoms with Crippen molar-refractivity contribution in [3.05, 3.63) is 29.8 Å². The summed E-state index contributed by atoms with van der Waals surface area (Å²) >= 11 is 0. The Labute approximate surface area is 109 Å². The first-order chi connectivity index (χ1) is 8.67. The molecule has 1 N–H and O–H groups in total. The summed E-state index contributed by atoms with van der Waals surface area (Å²) in [5.41, 5.74) is 1.18. The van der Waals surface area contributed by atoms with Crippen molar-refractivity contribution in [1.82, 2.24) is 10.2 Å². The molecule has 0 aromatic heterocycles. The molecule has 0 aliphatic rings. The zero-order valence-electron chi connectivity index (χ0n) is 11.4. The zero-order valence-corrected chi connectivity index (χ0v) is 11.4. The van der Waals surface area contributed by atoms with Crippen LogP contribution in [0, 0.1) is 0 Å². The molecule has 0 atom stereocenters. The lowest BCUT2D eigenvalue weighted by atomic mass is 10.1. The molecule has 1 amide bonds. The smallest absolute Gasteiger partial charge is 0.223 e. The lowest BCUT2D eigenvalue weighted by molar-refractivity contribution is -0.129. The molecule has 4 nitrogen and oxygen atoms in total. The van der Waals surface area contributed by atoms with Gasteiger partial charge in [-0.15, -0.1) is 0 Å². The molecule has 0 aliphatic carbocycles. The maximum atomic E-state index is 11.7. The van der Waals surface area contributed by atoms with E-state index in [1.54, 1.807) is 12.0 Å². The minimum absolute atomic E-state index is 0.173. The predicted octanol–water partition coefficient (Wildman–Crippen LogP) is 1.31. The highest BCUT2D eigenvalue weighted by molar-refractivity contribution is 5.76. The average Bonchev–Trinajstić information content (AvgIpc) is 2.42. The number of carbonyl (C=O) groups is 1. The molecule has 0 fully saturated rings. The van der Waals surface area contributed by atoms with Crippen LogP contribution in [0.4, 0.5) is 0 Å². The van der Waals surface area contributed by atoms with Gasteiger partial charge in [-0.05, 0) is 31.2 Å². The molecule has 1 aromatic carbocycles. The topological polar surface area (TPSA) is 41.6 Å².